The van der Waals surface area contributed by atoms with Gasteiger partial charge in [-0.25, -0.2) is 4.39 Å². The van der Waals surface area contributed by atoms with Gasteiger partial charge in [0.05, 0.1) is 6.04 Å². The van der Waals surface area contributed by atoms with Gasteiger partial charge >= 0.3 is 0 Å². The van der Waals surface area contributed by atoms with Gasteiger partial charge in [-0.3, -0.25) is 4.79 Å². The van der Waals surface area contributed by atoms with Crippen molar-refractivity contribution in [2.75, 3.05) is 11.4 Å². The Balaban J connectivity index is 1.94. The number of hydrogen-bond donors (Lipinski definition) is 1. The second-order valence-electron chi connectivity index (χ2n) is 5.52. The predicted molar refractivity (Wildman–Crippen MR) is 72.7 cm³/mol. The van der Waals surface area contributed by atoms with Crippen molar-refractivity contribution in [3.63, 3.8) is 0 Å². The summed E-state index contributed by atoms with van der Waals surface area (Å²) in [6.45, 7) is 2.98. The molecule has 19 heavy (non-hydrogen) atoms. The van der Waals surface area contributed by atoms with Gasteiger partial charge < -0.3 is 10.2 Å². The maximum atomic E-state index is 13.3. The number of amides is 1. The van der Waals surface area contributed by atoms with Crippen LogP contribution in [0.15, 0.2) is 18.2 Å². The van der Waals surface area contributed by atoms with E-state index >= 15 is 0 Å². The molecule has 0 spiro atoms. The summed E-state index contributed by atoms with van der Waals surface area (Å²) in [6, 6.07) is 4.86. The van der Waals surface area contributed by atoms with Crippen molar-refractivity contribution in [3.8, 4) is 0 Å². The summed E-state index contributed by atoms with van der Waals surface area (Å²) in [5, 5.41) is 3.25. The second kappa shape index (κ2) is 4.93. The maximum Gasteiger partial charge on any atom is 0.244 e. The van der Waals surface area contributed by atoms with E-state index in [0.29, 0.717) is 0 Å². The lowest BCUT2D eigenvalue weighted by molar-refractivity contribution is -0.120. The normalized spacial score (nSPS) is 26.3. The summed E-state index contributed by atoms with van der Waals surface area (Å²) in [4.78, 5) is 14.5. The highest BCUT2D eigenvalue weighted by Crippen LogP contribution is 2.32. The van der Waals surface area contributed by atoms with Gasteiger partial charge in [-0.2, -0.15) is 0 Å². The first-order valence-electron chi connectivity index (χ1n) is 7.01. The highest BCUT2D eigenvalue weighted by molar-refractivity contribution is 5.98. The standard InChI is InChI=1S/C15H19FN2O/c1-10-4-5-11-9-12(16)6-7-14(11)18(10)15(19)13-3-2-8-17-13/h6-7,9-10,13,17H,2-5,8H2,1H3. The third-order valence-electron chi connectivity index (χ3n) is 4.17. The van der Waals surface area contributed by atoms with Gasteiger partial charge in [0, 0.05) is 11.7 Å². The molecule has 0 radical (unpaired) electrons. The molecule has 2 atom stereocenters. The van der Waals surface area contributed by atoms with Crippen LogP contribution in [0.5, 0.6) is 0 Å². The molecule has 4 heteroatoms. The van der Waals surface area contributed by atoms with Gasteiger partial charge in [-0.05, 0) is 62.9 Å². The lowest BCUT2D eigenvalue weighted by Crippen LogP contribution is -2.49. The van der Waals surface area contributed by atoms with Crippen molar-refractivity contribution in [2.45, 2.75) is 44.7 Å². The van der Waals surface area contributed by atoms with Gasteiger partial charge in [0.15, 0.2) is 0 Å². The Kier molecular flexibility index (Phi) is 3.27. The smallest absolute Gasteiger partial charge is 0.244 e. The minimum Gasteiger partial charge on any atom is -0.308 e. The van der Waals surface area contributed by atoms with Crippen LogP contribution in [0.3, 0.4) is 0 Å². The Hall–Kier alpha value is -1.42. The molecule has 2 aliphatic heterocycles. The van der Waals surface area contributed by atoms with Crippen molar-refractivity contribution >= 4 is 11.6 Å². The molecular weight excluding hydrogens is 243 g/mol. The zero-order chi connectivity index (χ0) is 13.4. The Morgan fingerprint density at radius 2 is 2.26 bits per heavy atom. The molecule has 1 amide bonds. The third-order valence-corrected chi connectivity index (χ3v) is 4.17. The average Bonchev–Trinajstić information content (AvgIpc) is 2.92. The van der Waals surface area contributed by atoms with E-state index in [0.717, 1.165) is 43.5 Å². The predicted octanol–water partition coefficient (Wildman–Crippen LogP) is 2.25. The molecule has 3 rings (SSSR count). The molecule has 3 nitrogen and oxygen atoms in total. The molecule has 2 unspecified atom stereocenters. The minimum atomic E-state index is -0.223. The quantitative estimate of drug-likeness (QED) is 0.842. The first kappa shape index (κ1) is 12.6. The Bertz CT molecular complexity index is 497. The van der Waals surface area contributed by atoms with Crippen molar-refractivity contribution < 1.29 is 9.18 Å². The number of aryl methyl sites for hydroxylation is 1. The number of hydrogen-bond acceptors (Lipinski definition) is 2. The van der Waals surface area contributed by atoms with Crippen LogP contribution in [0.25, 0.3) is 0 Å². The van der Waals surface area contributed by atoms with Gasteiger partial charge in [-0.1, -0.05) is 0 Å². The largest absolute Gasteiger partial charge is 0.308 e. The summed E-state index contributed by atoms with van der Waals surface area (Å²) in [7, 11) is 0. The molecule has 1 saturated heterocycles. The highest BCUT2D eigenvalue weighted by Gasteiger charge is 2.33. The number of anilines is 1. The summed E-state index contributed by atoms with van der Waals surface area (Å²) in [6.07, 6.45) is 3.69. The van der Waals surface area contributed by atoms with Gasteiger partial charge in [-0.15, -0.1) is 0 Å². The fourth-order valence-electron chi connectivity index (χ4n) is 3.12. The van der Waals surface area contributed by atoms with Gasteiger partial charge in [0.25, 0.3) is 0 Å². The van der Waals surface area contributed by atoms with E-state index in [1.165, 1.54) is 6.07 Å². The minimum absolute atomic E-state index is 0.0709. The van der Waals surface area contributed by atoms with Crippen molar-refractivity contribution in [1.82, 2.24) is 5.32 Å². The molecule has 0 saturated carbocycles. The van der Waals surface area contributed by atoms with Crippen LogP contribution in [-0.4, -0.2) is 24.5 Å². The highest BCUT2D eigenvalue weighted by atomic mass is 19.1. The zero-order valence-corrected chi connectivity index (χ0v) is 11.2. The van der Waals surface area contributed by atoms with Crippen molar-refractivity contribution in [3.05, 3.63) is 29.6 Å². The molecule has 0 aromatic heterocycles. The lowest BCUT2D eigenvalue weighted by atomic mass is 9.95. The van der Waals surface area contributed by atoms with Crippen LogP contribution in [0.2, 0.25) is 0 Å². The molecule has 2 aliphatic rings. The number of carbonyl (C=O) groups is 1. The van der Waals surface area contributed by atoms with Crippen LogP contribution in [0, 0.1) is 5.82 Å². The number of fused-ring (bicyclic) bond motifs is 1. The topological polar surface area (TPSA) is 32.3 Å². The summed E-state index contributed by atoms with van der Waals surface area (Å²) < 4.78 is 13.3. The van der Waals surface area contributed by atoms with Crippen molar-refractivity contribution in [2.24, 2.45) is 0 Å². The van der Waals surface area contributed by atoms with Crippen LogP contribution in [0.4, 0.5) is 10.1 Å². The Labute approximate surface area is 112 Å². The number of nitrogens with one attached hydrogen (secondary N) is 1. The van der Waals surface area contributed by atoms with E-state index in [4.69, 9.17) is 0 Å². The van der Waals surface area contributed by atoms with E-state index < -0.39 is 0 Å². The molecular formula is C15H19FN2O. The maximum absolute atomic E-state index is 13.3. The molecule has 1 aromatic rings. The monoisotopic (exact) mass is 262 g/mol. The summed E-state index contributed by atoms with van der Waals surface area (Å²) in [5.41, 5.74) is 1.84. The zero-order valence-electron chi connectivity index (χ0n) is 11.2. The lowest BCUT2D eigenvalue weighted by Gasteiger charge is -2.36. The number of carbonyl (C=O) groups excluding carboxylic acids is 1. The fraction of sp³-hybridized carbons (Fsp3) is 0.533. The van der Waals surface area contributed by atoms with E-state index in [2.05, 4.69) is 12.2 Å². The summed E-state index contributed by atoms with van der Waals surface area (Å²) in [5.74, 6) is -0.0859. The second-order valence-corrected chi connectivity index (χ2v) is 5.52. The van der Waals surface area contributed by atoms with E-state index in [9.17, 15) is 9.18 Å². The molecule has 102 valence electrons. The van der Waals surface area contributed by atoms with E-state index in [1.54, 1.807) is 12.1 Å². The first-order chi connectivity index (χ1) is 9.16. The Morgan fingerprint density at radius 1 is 1.42 bits per heavy atom. The van der Waals surface area contributed by atoms with Crippen LogP contribution in [0.1, 0.15) is 31.7 Å². The van der Waals surface area contributed by atoms with Crippen molar-refractivity contribution in [1.29, 1.82) is 0 Å². The number of benzene rings is 1. The molecule has 1 aromatic carbocycles. The SMILES string of the molecule is CC1CCc2cc(F)ccc2N1C(=O)C1CCCN1. The fourth-order valence-corrected chi connectivity index (χ4v) is 3.12. The molecule has 1 N–H and O–H groups in total. The van der Waals surface area contributed by atoms with Crippen LogP contribution >= 0.6 is 0 Å². The van der Waals surface area contributed by atoms with Gasteiger partial charge in [0.1, 0.15) is 5.82 Å². The van der Waals surface area contributed by atoms with Crippen LogP contribution < -0.4 is 10.2 Å². The molecule has 0 bridgehead atoms. The molecule has 1 fully saturated rings. The first-order valence-corrected chi connectivity index (χ1v) is 7.01. The van der Waals surface area contributed by atoms with Gasteiger partial charge in [0.2, 0.25) is 5.91 Å². The third kappa shape index (κ3) is 2.25. The number of rotatable bonds is 1. The summed E-state index contributed by atoms with van der Waals surface area (Å²) >= 11 is 0. The van der Waals surface area contributed by atoms with E-state index in [1.807, 2.05) is 4.90 Å². The van der Waals surface area contributed by atoms with Crippen LogP contribution in [-0.2, 0) is 11.2 Å². The average molecular weight is 262 g/mol. The molecule has 0 aliphatic carbocycles. The number of halogens is 1. The van der Waals surface area contributed by atoms with E-state index in [-0.39, 0.29) is 23.8 Å². The number of nitrogens with zero attached hydrogens (tertiary/aromatic N) is 1. The Morgan fingerprint density at radius 3 is 3.00 bits per heavy atom. The molecule has 2 heterocycles.